The van der Waals surface area contributed by atoms with Crippen molar-refractivity contribution in [3.8, 4) is 0 Å². The Morgan fingerprint density at radius 2 is 1.81 bits per heavy atom. The van der Waals surface area contributed by atoms with Gasteiger partial charge in [0, 0.05) is 57.9 Å². The molecule has 2 saturated heterocycles. The number of hydrogen-bond donors (Lipinski definition) is 1. The number of aliphatic hydroxyl groups excluding tert-OH is 1. The predicted molar refractivity (Wildman–Crippen MR) is 194 cm³/mol. The van der Waals surface area contributed by atoms with E-state index in [2.05, 4.69) is 16.7 Å². The monoisotopic (exact) mass is 737 g/mol. The first kappa shape index (κ1) is 42.2. The third kappa shape index (κ3) is 14.0. The lowest BCUT2D eigenvalue weighted by Gasteiger charge is -2.46. The standard InChI is InChI=1S/C38H63N3O11/c1-4-47-25-29(2)26-48-27-30-10-13-32(14-11-30)37-34(42)23-40(38(43)50-19-7-5-6-8-20-52-41(44)45)24-36(37)51-28-31-12-15-35-33(22-31)39(17-21-49-35)16-9-18-46-3/h10-11,13-14,29,31,33-37,42H,4-9,12,15-28H2,1-3H3. The van der Waals surface area contributed by atoms with Gasteiger partial charge in [0.15, 0.2) is 0 Å². The molecule has 1 aromatic rings. The summed E-state index contributed by atoms with van der Waals surface area (Å²) in [5, 5.41) is 21.1. The largest absolute Gasteiger partial charge is 0.449 e. The van der Waals surface area contributed by atoms with Crippen molar-refractivity contribution in [2.45, 2.75) is 102 Å². The summed E-state index contributed by atoms with van der Waals surface area (Å²) in [6, 6.07) is 8.52. The summed E-state index contributed by atoms with van der Waals surface area (Å²) in [6.07, 6.45) is 5.19. The van der Waals surface area contributed by atoms with Crippen LogP contribution in [0, 0.1) is 22.0 Å². The predicted octanol–water partition coefficient (Wildman–Crippen LogP) is 4.83. The van der Waals surface area contributed by atoms with Crippen LogP contribution in [0.3, 0.4) is 0 Å². The Hall–Kier alpha value is -2.59. The number of hydrogen-bond acceptors (Lipinski definition) is 12. The molecular weight excluding hydrogens is 674 g/mol. The van der Waals surface area contributed by atoms with Gasteiger partial charge in [0.05, 0.1) is 71.0 Å². The fourth-order valence-corrected chi connectivity index (χ4v) is 7.63. The molecule has 4 rings (SSSR count). The molecule has 1 aliphatic carbocycles. The van der Waals surface area contributed by atoms with Crippen LogP contribution >= 0.6 is 0 Å². The molecule has 7 atom stereocenters. The number of unbranched alkanes of at least 4 members (excludes halogenated alkanes) is 3. The summed E-state index contributed by atoms with van der Waals surface area (Å²) in [4.78, 5) is 31.9. The normalized spacial score (nSPS) is 25.7. The second-order valence-electron chi connectivity index (χ2n) is 14.5. The number of carbonyl (C=O) groups excluding carboxylic acids is 1. The molecule has 0 spiro atoms. The van der Waals surface area contributed by atoms with Crippen LogP contribution in [0.4, 0.5) is 4.79 Å². The van der Waals surface area contributed by atoms with E-state index in [0.29, 0.717) is 70.3 Å². The maximum absolute atomic E-state index is 13.2. The zero-order valence-electron chi connectivity index (χ0n) is 31.6. The second-order valence-corrected chi connectivity index (χ2v) is 14.5. The maximum atomic E-state index is 13.2. The third-order valence-electron chi connectivity index (χ3n) is 10.4. The van der Waals surface area contributed by atoms with Gasteiger partial charge in [-0.3, -0.25) is 4.90 Å². The van der Waals surface area contributed by atoms with E-state index in [0.717, 1.165) is 76.0 Å². The Balaban J connectivity index is 1.35. The maximum Gasteiger partial charge on any atom is 0.409 e. The first-order valence-corrected chi connectivity index (χ1v) is 19.4. The number of carbonyl (C=O) groups is 1. The Morgan fingerprint density at radius 3 is 2.56 bits per heavy atom. The molecule has 2 heterocycles. The van der Waals surface area contributed by atoms with Crippen molar-refractivity contribution in [3.63, 3.8) is 0 Å². The summed E-state index contributed by atoms with van der Waals surface area (Å²) in [5.74, 6) is 0.339. The van der Waals surface area contributed by atoms with Crippen LogP contribution in [0.1, 0.15) is 82.3 Å². The van der Waals surface area contributed by atoms with E-state index in [-0.39, 0.29) is 31.8 Å². The van der Waals surface area contributed by atoms with E-state index in [1.165, 1.54) is 0 Å². The first-order chi connectivity index (χ1) is 25.3. The van der Waals surface area contributed by atoms with Gasteiger partial charge in [0.25, 0.3) is 5.09 Å². The van der Waals surface area contributed by atoms with E-state index in [4.69, 9.17) is 28.4 Å². The molecular formula is C38H63N3O11. The fraction of sp³-hybridized carbons (Fsp3) is 0.816. The average molecular weight is 738 g/mol. The highest BCUT2D eigenvalue weighted by molar-refractivity contribution is 5.68. The number of likely N-dealkylation sites (tertiary alicyclic amines) is 1. The van der Waals surface area contributed by atoms with Crippen LogP contribution in [-0.2, 0) is 39.9 Å². The molecule has 7 unspecified atom stereocenters. The van der Waals surface area contributed by atoms with Crippen LogP contribution in [0.5, 0.6) is 0 Å². The van der Waals surface area contributed by atoms with Crippen LogP contribution in [-0.4, -0.2) is 137 Å². The highest BCUT2D eigenvalue weighted by atomic mass is 16.9. The summed E-state index contributed by atoms with van der Waals surface area (Å²) >= 11 is 0. The number of β-amino-alcohol motifs (C(OH)–C–C–N with tert-alkyl or cyclic N) is 1. The molecule has 296 valence electrons. The van der Waals surface area contributed by atoms with Crippen molar-refractivity contribution in [1.82, 2.24) is 9.80 Å². The van der Waals surface area contributed by atoms with Crippen molar-refractivity contribution >= 4 is 6.09 Å². The van der Waals surface area contributed by atoms with Crippen LogP contribution in [0.2, 0.25) is 0 Å². The van der Waals surface area contributed by atoms with Gasteiger partial charge in [-0.2, -0.15) is 0 Å². The number of nitrogens with zero attached hydrogens (tertiary/aromatic N) is 3. The molecule has 14 heteroatoms. The second kappa shape index (κ2) is 23.3. The Labute approximate surface area is 309 Å². The Morgan fingerprint density at radius 1 is 1.04 bits per heavy atom. The van der Waals surface area contributed by atoms with Crippen molar-refractivity contribution in [3.05, 3.63) is 45.5 Å². The summed E-state index contributed by atoms with van der Waals surface area (Å²) < 4.78 is 35.2. The summed E-state index contributed by atoms with van der Waals surface area (Å²) in [6.45, 7) is 11.3. The number of benzene rings is 1. The molecule has 1 N–H and O–H groups in total. The molecule has 1 saturated carbocycles. The highest BCUT2D eigenvalue weighted by Crippen LogP contribution is 2.36. The first-order valence-electron chi connectivity index (χ1n) is 19.4. The quantitative estimate of drug-likeness (QED) is 0.0931. The van der Waals surface area contributed by atoms with Gasteiger partial charge in [-0.1, -0.05) is 37.6 Å². The number of morpholine rings is 1. The van der Waals surface area contributed by atoms with Crippen LogP contribution in [0.15, 0.2) is 24.3 Å². The van der Waals surface area contributed by atoms with Gasteiger partial charge in [-0.05, 0) is 68.9 Å². The van der Waals surface area contributed by atoms with E-state index >= 15 is 0 Å². The van der Waals surface area contributed by atoms with Gasteiger partial charge in [0.1, 0.15) is 0 Å². The van der Waals surface area contributed by atoms with Crippen LogP contribution in [0.25, 0.3) is 0 Å². The SMILES string of the molecule is CCOCC(C)COCc1ccc(C2C(O)CN(C(=O)OCCCCCCO[N+](=O)[O-])CC2OCC2CCC3OCCN(CCCOC)C3C2)cc1. The van der Waals surface area contributed by atoms with E-state index < -0.39 is 23.4 Å². The zero-order chi connectivity index (χ0) is 37.1. The van der Waals surface area contributed by atoms with E-state index in [9.17, 15) is 20.0 Å². The lowest BCUT2D eigenvalue weighted by molar-refractivity contribution is -0.757. The molecule has 52 heavy (non-hydrogen) atoms. The molecule has 0 aromatic heterocycles. The number of rotatable bonds is 23. The van der Waals surface area contributed by atoms with Gasteiger partial charge in [0.2, 0.25) is 0 Å². The highest BCUT2D eigenvalue weighted by Gasteiger charge is 2.42. The minimum atomic E-state index is -0.840. The van der Waals surface area contributed by atoms with Gasteiger partial charge in [-0.25, -0.2) is 4.79 Å². The number of amides is 1. The van der Waals surface area contributed by atoms with Gasteiger partial charge >= 0.3 is 6.09 Å². The lowest BCUT2D eigenvalue weighted by Crippen LogP contribution is -2.55. The Bertz CT molecular complexity index is 1160. The summed E-state index contributed by atoms with van der Waals surface area (Å²) in [5.41, 5.74) is 2.01. The smallest absolute Gasteiger partial charge is 0.409 e. The Kier molecular flexibility index (Phi) is 18.8. The van der Waals surface area contributed by atoms with Crippen molar-refractivity contribution in [2.75, 3.05) is 86.1 Å². The van der Waals surface area contributed by atoms with Gasteiger partial charge < -0.3 is 43.3 Å². The topological polar surface area (TPSA) is 152 Å². The average Bonchev–Trinajstić information content (AvgIpc) is 3.14. The van der Waals surface area contributed by atoms with Crippen molar-refractivity contribution in [1.29, 1.82) is 0 Å². The number of fused-ring (bicyclic) bond motifs is 1. The van der Waals surface area contributed by atoms with Crippen LogP contribution < -0.4 is 0 Å². The number of methoxy groups -OCH3 is 1. The molecule has 2 aliphatic heterocycles. The number of aliphatic hydroxyl groups is 1. The summed E-state index contributed by atoms with van der Waals surface area (Å²) in [7, 11) is 1.74. The molecule has 3 aliphatic rings. The molecule has 1 aromatic carbocycles. The van der Waals surface area contributed by atoms with E-state index in [1.807, 2.05) is 31.2 Å². The number of piperidine rings is 1. The lowest BCUT2D eigenvalue weighted by atomic mass is 9.82. The molecule has 14 nitrogen and oxygen atoms in total. The number of ether oxygens (including phenoxy) is 6. The van der Waals surface area contributed by atoms with Crippen molar-refractivity contribution < 1.29 is 48.2 Å². The minimum absolute atomic E-state index is 0.0638. The molecule has 0 bridgehead atoms. The molecule has 1 amide bonds. The van der Waals surface area contributed by atoms with Crippen molar-refractivity contribution in [2.24, 2.45) is 11.8 Å². The third-order valence-corrected chi connectivity index (χ3v) is 10.4. The fourth-order valence-electron chi connectivity index (χ4n) is 7.63. The zero-order valence-corrected chi connectivity index (χ0v) is 31.6. The van der Waals surface area contributed by atoms with E-state index in [1.54, 1.807) is 12.0 Å². The minimum Gasteiger partial charge on any atom is -0.449 e. The molecule has 0 radical (unpaired) electrons. The van der Waals surface area contributed by atoms with Gasteiger partial charge in [-0.15, -0.1) is 10.1 Å². The molecule has 3 fully saturated rings.